The lowest BCUT2D eigenvalue weighted by Gasteiger charge is -2.25. The average Bonchev–Trinajstić information content (AvgIpc) is 3.03. The third-order valence-corrected chi connectivity index (χ3v) is 3.90. The largest absolute Gasteiger partial charge is 0.497 e. The molecule has 0 bridgehead atoms. The summed E-state index contributed by atoms with van der Waals surface area (Å²) in [6.07, 6.45) is 1.78. The minimum atomic E-state index is -0.179. The Bertz CT molecular complexity index is 455. The van der Waals surface area contributed by atoms with Gasteiger partial charge in [0.2, 0.25) is 5.91 Å². The first-order valence-corrected chi connectivity index (χ1v) is 7.36. The van der Waals surface area contributed by atoms with Gasteiger partial charge in [-0.1, -0.05) is 12.1 Å². The van der Waals surface area contributed by atoms with Gasteiger partial charge in [0.05, 0.1) is 19.2 Å². The molecule has 1 aliphatic rings. The van der Waals surface area contributed by atoms with Crippen LogP contribution < -0.4 is 15.4 Å². The standard InChI is InChI=1S/C16H24N2O3/c1-11(18-16(19)14-5-4-10-17-14)15(21-3)12-6-8-13(20-2)9-7-12/h6-9,11,14-15,17H,4-5,10H2,1-3H3,(H,18,19). The van der Waals surface area contributed by atoms with Crippen LogP contribution in [0.25, 0.3) is 0 Å². The molecule has 116 valence electrons. The summed E-state index contributed by atoms with van der Waals surface area (Å²) in [5, 5.41) is 6.25. The van der Waals surface area contributed by atoms with Crippen LogP contribution in [0, 0.1) is 0 Å². The van der Waals surface area contributed by atoms with Crippen molar-refractivity contribution in [3.05, 3.63) is 29.8 Å². The molecule has 1 aromatic carbocycles. The number of ether oxygens (including phenoxy) is 2. The fraction of sp³-hybridized carbons (Fsp3) is 0.562. The average molecular weight is 292 g/mol. The van der Waals surface area contributed by atoms with E-state index in [1.165, 1.54) is 0 Å². The molecule has 2 N–H and O–H groups in total. The number of carbonyl (C=O) groups is 1. The van der Waals surface area contributed by atoms with Crippen LogP contribution in [0.2, 0.25) is 0 Å². The number of amides is 1. The molecule has 5 nitrogen and oxygen atoms in total. The Hall–Kier alpha value is -1.59. The van der Waals surface area contributed by atoms with E-state index in [0.717, 1.165) is 30.7 Å². The van der Waals surface area contributed by atoms with Crippen LogP contribution in [0.1, 0.15) is 31.4 Å². The minimum Gasteiger partial charge on any atom is -0.497 e. The van der Waals surface area contributed by atoms with E-state index in [2.05, 4.69) is 10.6 Å². The van der Waals surface area contributed by atoms with E-state index < -0.39 is 0 Å². The highest BCUT2D eigenvalue weighted by atomic mass is 16.5. The molecular formula is C16H24N2O3. The van der Waals surface area contributed by atoms with E-state index in [1.54, 1.807) is 14.2 Å². The lowest BCUT2D eigenvalue weighted by molar-refractivity contribution is -0.124. The second-order valence-electron chi connectivity index (χ2n) is 5.38. The van der Waals surface area contributed by atoms with Crippen LogP contribution in [0.4, 0.5) is 0 Å². The molecule has 1 amide bonds. The van der Waals surface area contributed by atoms with Crippen LogP contribution in [-0.4, -0.2) is 38.8 Å². The van der Waals surface area contributed by atoms with E-state index in [1.807, 2.05) is 31.2 Å². The summed E-state index contributed by atoms with van der Waals surface area (Å²) >= 11 is 0. The molecular weight excluding hydrogens is 268 g/mol. The Morgan fingerprint density at radius 3 is 2.57 bits per heavy atom. The highest BCUT2D eigenvalue weighted by Crippen LogP contribution is 2.23. The second kappa shape index (κ2) is 7.43. The van der Waals surface area contributed by atoms with Gasteiger partial charge in [-0.25, -0.2) is 0 Å². The van der Waals surface area contributed by atoms with Crippen molar-refractivity contribution in [2.45, 2.75) is 38.0 Å². The van der Waals surface area contributed by atoms with E-state index in [4.69, 9.17) is 9.47 Å². The number of methoxy groups -OCH3 is 2. The Kier molecular flexibility index (Phi) is 5.59. The zero-order valence-corrected chi connectivity index (χ0v) is 12.9. The lowest BCUT2D eigenvalue weighted by atomic mass is 10.0. The molecule has 0 saturated carbocycles. The second-order valence-corrected chi connectivity index (χ2v) is 5.38. The molecule has 1 heterocycles. The summed E-state index contributed by atoms with van der Waals surface area (Å²) in [6, 6.07) is 7.55. The molecule has 3 atom stereocenters. The summed E-state index contributed by atoms with van der Waals surface area (Å²) in [4.78, 5) is 12.2. The first-order chi connectivity index (χ1) is 10.2. The molecule has 0 radical (unpaired) electrons. The van der Waals surface area contributed by atoms with Gasteiger partial charge in [-0.2, -0.15) is 0 Å². The highest BCUT2D eigenvalue weighted by molar-refractivity contribution is 5.82. The van der Waals surface area contributed by atoms with Crippen molar-refractivity contribution in [1.29, 1.82) is 0 Å². The summed E-state index contributed by atoms with van der Waals surface area (Å²) in [7, 11) is 3.30. The molecule has 1 saturated heterocycles. The SMILES string of the molecule is COc1ccc(C(OC)C(C)NC(=O)C2CCCN2)cc1. The highest BCUT2D eigenvalue weighted by Gasteiger charge is 2.26. The Morgan fingerprint density at radius 1 is 1.33 bits per heavy atom. The first kappa shape index (κ1) is 15.8. The van der Waals surface area contributed by atoms with Crippen LogP contribution >= 0.6 is 0 Å². The predicted molar refractivity (Wildman–Crippen MR) is 81.4 cm³/mol. The monoisotopic (exact) mass is 292 g/mol. The third-order valence-electron chi connectivity index (χ3n) is 3.90. The van der Waals surface area contributed by atoms with E-state index in [9.17, 15) is 4.79 Å². The van der Waals surface area contributed by atoms with Crippen molar-refractivity contribution >= 4 is 5.91 Å². The number of hydrogen-bond acceptors (Lipinski definition) is 4. The third kappa shape index (κ3) is 3.95. The summed E-state index contributed by atoms with van der Waals surface area (Å²) < 4.78 is 10.7. The number of benzene rings is 1. The maximum absolute atomic E-state index is 12.2. The van der Waals surface area contributed by atoms with Crippen LogP contribution in [0.15, 0.2) is 24.3 Å². The van der Waals surface area contributed by atoms with Crippen LogP contribution in [0.3, 0.4) is 0 Å². The maximum atomic E-state index is 12.2. The minimum absolute atomic E-state index is 0.0514. The Labute approximate surface area is 126 Å². The van der Waals surface area contributed by atoms with Crippen LogP contribution in [0.5, 0.6) is 5.75 Å². The van der Waals surface area contributed by atoms with Crippen molar-refractivity contribution in [2.75, 3.05) is 20.8 Å². The first-order valence-electron chi connectivity index (χ1n) is 7.36. The number of carbonyl (C=O) groups excluding carboxylic acids is 1. The van der Waals surface area contributed by atoms with E-state index in [0.29, 0.717) is 0 Å². The quantitative estimate of drug-likeness (QED) is 0.837. The summed E-state index contributed by atoms with van der Waals surface area (Å²) in [5.74, 6) is 0.857. The number of hydrogen-bond donors (Lipinski definition) is 2. The molecule has 3 unspecified atom stereocenters. The summed E-state index contributed by atoms with van der Waals surface area (Å²) in [5.41, 5.74) is 1.02. The number of rotatable bonds is 6. The van der Waals surface area contributed by atoms with Gasteiger partial charge in [-0.15, -0.1) is 0 Å². The molecule has 0 aromatic heterocycles. The van der Waals surface area contributed by atoms with Gasteiger partial charge < -0.3 is 20.1 Å². The van der Waals surface area contributed by atoms with Crippen molar-refractivity contribution < 1.29 is 14.3 Å². The molecule has 5 heteroatoms. The van der Waals surface area contributed by atoms with Gasteiger partial charge >= 0.3 is 0 Å². The number of nitrogens with one attached hydrogen (secondary N) is 2. The van der Waals surface area contributed by atoms with Gasteiger partial charge in [0, 0.05) is 7.11 Å². The van der Waals surface area contributed by atoms with Crippen molar-refractivity contribution in [3.63, 3.8) is 0 Å². The van der Waals surface area contributed by atoms with Gasteiger partial charge in [0.1, 0.15) is 11.9 Å². The van der Waals surface area contributed by atoms with Crippen molar-refractivity contribution in [3.8, 4) is 5.75 Å². The molecule has 0 spiro atoms. The molecule has 1 aliphatic heterocycles. The van der Waals surface area contributed by atoms with Crippen molar-refractivity contribution in [2.24, 2.45) is 0 Å². The van der Waals surface area contributed by atoms with Gasteiger partial charge in [-0.05, 0) is 44.0 Å². The smallest absolute Gasteiger partial charge is 0.237 e. The molecule has 2 rings (SSSR count). The molecule has 21 heavy (non-hydrogen) atoms. The molecule has 1 fully saturated rings. The lowest BCUT2D eigenvalue weighted by Crippen LogP contribution is -2.46. The van der Waals surface area contributed by atoms with E-state index >= 15 is 0 Å². The molecule has 0 aliphatic carbocycles. The molecule has 1 aromatic rings. The zero-order valence-electron chi connectivity index (χ0n) is 12.9. The van der Waals surface area contributed by atoms with Crippen LogP contribution in [-0.2, 0) is 9.53 Å². The fourth-order valence-corrected chi connectivity index (χ4v) is 2.73. The topological polar surface area (TPSA) is 59.6 Å². The zero-order chi connectivity index (χ0) is 15.2. The van der Waals surface area contributed by atoms with Gasteiger partial charge in [0.15, 0.2) is 0 Å². The Morgan fingerprint density at radius 2 is 2.05 bits per heavy atom. The Balaban J connectivity index is 1.99. The summed E-state index contributed by atoms with van der Waals surface area (Å²) in [6.45, 7) is 2.88. The van der Waals surface area contributed by atoms with Gasteiger partial charge in [-0.3, -0.25) is 4.79 Å². The van der Waals surface area contributed by atoms with Crippen molar-refractivity contribution in [1.82, 2.24) is 10.6 Å². The normalized spacial score (nSPS) is 20.8. The fourth-order valence-electron chi connectivity index (χ4n) is 2.73. The maximum Gasteiger partial charge on any atom is 0.237 e. The van der Waals surface area contributed by atoms with E-state index in [-0.39, 0.29) is 24.1 Å². The van der Waals surface area contributed by atoms with Gasteiger partial charge in [0.25, 0.3) is 0 Å². The predicted octanol–water partition coefficient (Wildman–Crippen LogP) is 1.64.